The van der Waals surface area contributed by atoms with Gasteiger partial charge in [-0.05, 0) is 18.8 Å². The first kappa shape index (κ1) is 12.7. The highest BCUT2D eigenvalue weighted by Gasteiger charge is 2.73. The zero-order valence-corrected chi connectivity index (χ0v) is 9.39. The van der Waals surface area contributed by atoms with Gasteiger partial charge in [0, 0.05) is 0 Å². The topological polar surface area (TPSA) is 38.8 Å². The maximum atomic E-state index is 12.5. The smallest absolute Gasteiger partial charge is 0.430 e. The molecule has 0 unspecified atom stereocenters. The van der Waals surface area contributed by atoms with Crippen molar-refractivity contribution in [3.63, 3.8) is 0 Å². The number of carbonyl (C=O) groups excluding carboxylic acids is 1. The SMILES string of the molecule is O=C(OCC1CCCCC1)[C@@]1(C(F)(F)F)CO1. The van der Waals surface area contributed by atoms with Crippen molar-refractivity contribution in [1.29, 1.82) is 0 Å². The molecule has 1 atom stereocenters. The molecule has 0 N–H and O–H groups in total. The molecule has 0 bridgehead atoms. The molecular weight excluding hydrogens is 237 g/mol. The molecule has 0 aromatic rings. The number of carbonyl (C=O) groups is 1. The number of ether oxygens (including phenoxy) is 2. The molecule has 1 saturated heterocycles. The van der Waals surface area contributed by atoms with Crippen LogP contribution in [-0.4, -0.2) is 31.0 Å². The molecule has 6 heteroatoms. The van der Waals surface area contributed by atoms with E-state index in [1.807, 2.05) is 0 Å². The van der Waals surface area contributed by atoms with Gasteiger partial charge < -0.3 is 9.47 Å². The monoisotopic (exact) mass is 252 g/mol. The Labute approximate surface area is 97.3 Å². The van der Waals surface area contributed by atoms with E-state index in [2.05, 4.69) is 4.74 Å². The van der Waals surface area contributed by atoms with Crippen molar-refractivity contribution < 1.29 is 27.4 Å². The zero-order valence-electron chi connectivity index (χ0n) is 9.39. The van der Waals surface area contributed by atoms with Crippen molar-refractivity contribution in [2.75, 3.05) is 13.2 Å². The molecule has 3 nitrogen and oxygen atoms in total. The van der Waals surface area contributed by atoms with E-state index in [-0.39, 0.29) is 12.5 Å². The third kappa shape index (κ3) is 2.56. The number of halogens is 3. The Morgan fingerprint density at radius 2 is 1.88 bits per heavy atom. The Morgan fingerprint density at radius 1 is 1.29 bits per heavy atom. The summed E-state index contributed by atoms with van der Waals surface area (Å²) in [5, 5.41) is 0. The fraction of sp³-hybridized carbons (Fsp3) is 0.909. The Morgan fingerprint density at radius 3 is 2.35 bits per heavy atom. The first-order valence-electron chi connectivity index (χ1n) is 5.83. The minimum Gasteiger partial charge on any atom is -0.463 e. The second-order valence-electron chi connectivity index (χ2n) is 4.72. The highest BCUT2D eigenvalue weighted by molar-refractivity contribution is 5.83. The van der Waals surface area contributed by atoms with Gasteiger partial charge in [0.25, 0.3) is 5.60 Å². The highest BCUT2D eigenvalue weighted by Crippen LogP contribution is 2.44. The normalized spacial score (nSPS) is 30.1. The van der Waals surface area contributed by atoms with Gasteiger partial charge in [-0.3, -0.25) is 0 Å². The van der Waals surface area contributed by atoms with Gasteiger partial charge in [-0.15, -0.1) is 0 Å². The maximum absolute atomic E-state index is 12.5. The number of epoxide rings is 1. The Kier molecular flexibility index (Phi) is 3.34. The lowest BCUT2D eigenvalue weighted by atomic mass is 9.90. The van der Waals surface area contributed by atoms with Gasteiger partial charge in [-0.1, -0.05) is 19.3 Å². The summed E-state index contributed by atoms with van der Waals surface area (Å²) in [5.74, 6) is -1.08. The van der Waals surface area contributed by atoms with E-state index in [1.165, 1.54) is 0 Å². The molecule has 1 saturated carbocycles. The second-order valence-corrected chi connectivity index (χ2v) is 4.72. The van der Waals surface area contributed by atoms with Gasteiger partial charge in [0.15, 0.2) is 0 Å². The maximum Gasteiger partial charge on any atom is 0.430 e. The molecule has 0 amide bonds. The van der Waals surface area contributed by atoms with Gasteiger partial charge in [0.05, 0.1) is 13.2 Å². The minimum atomic E-state index is -4.67. The molecule has 1 aliphatic heterocycles. The molecular formula is C11H15F3O3. The van der Waals surface area contributed by atoms with Crippen LogP contribution in [0.2, 0.25) is 0 Å². The van der Waals surface area contributed by atoms with Gasteiger partial charge in [0.1, 0.15) is 0 Å². The Bertz CT molecular complexity index is 291. The van der Waals surface area contributed by atoms with Crippen molar-refractivity contribution >= 4 is 5.97 Å². The Hall–Kier alpha value is -0.780. The van der Waals surface area contributed by atoms with E-state index < -0.39 is 24.4 Å². The minimum absolute atomic E-state index is 0.0834. The van der Waals surface area contributed by atoms with Crippen LogP contribution in [0.5, 0.6) is 0 Å². The van der Waals surface area contributed by atoms with Crippen molar-refractivity contribution in [3.8, 4) is 0 Å². The van der Waals surface area contributed by atoms with Crippen molar-refractivity contribution in [2.45, 2.75) is 43.9 Å². The predicted octanol–water partition coefficient (Wildman–Crippen LogP) is 2.44. The predicted molar refractivity (Wildman–Crippen MR) is 52.3 cm³/mol. The molecule has 2 aliphatic rings. The largest absolute Gasteiger partial charge is 0.463 e. The molecule has 17 heavy (non-hydrogen) atoms. The highest BCUT2D eigenvalue weighted by atomic mass is 19.4. The molecule has 2 fully saturated rings. The van der Waals surface area contributed by atoms with E-state index in [0.29, 0.717) is 0 Å². The first-order valence-corrected chi connectivity index (χ1v) is 5.83. The first-order chi connectivity index (χ1) is 7.96. The van der Waals surface area contributed by atoms with Gasteiger partial charge in [0.2, 0.25) is 0 Å². The van der Waals surface area contributed by atoms with Gasteiger partial charge in [-0.25, -0.2) is 4.79 Å². The van der Waals surface area contributed by atoms with Gasteiger partial charge >= 0.3 is 12.1 Å². The molecule has 98 valence electrons. The summed E-state index contributed by atoms with van der Waals surface area (Å²) >= 11 is 0. The summed E-state index contributed by atoms with van der Waals surface area (Å²) in [5.41, 5.74) is -2.67. The van der Waals surface area contributed by atoms with E-state index in [4.69, 9.17) is 4.74 Å². The summed E-state index contributed by atoms with van der Waals surface area (Å²) in [6.45, 7) is -0.528. The van der Waals surface area contributed by atoms with Gasteiger partial charge in [-0.2, -0.15) is 13.2 Å². The van der Waals surface area contributed by atoms with E-state index >= 15 is 0 Å². The van der Waals surface area contributed by atoms with Crippen LogP contribution in [0.25, 0.3) is 0 Å². The zero-order chi connectivity index (χ0) is 12.5. The third-order valence-corrected chi connectivity index (χ3v) is 3.40. The molecule has 2 rings (SSSR count). The molecule has 0 radical (unpaired) electrons. The summed E-state index contributed by atoms with van der Waals surface area (Å²) < 4.78 is 46.5. The number of esters is 1. The van der Waals surface area contributed by atoms with Crippen molar-refractivity contribution in [1.82, 2.24) is 0 Å². The number of alkyl halides is 3. The Balaban J connectivity index is 1.81. The standard InChI is InChI=1S/C11H15F3O3/c12-11(13,14)10(7-17-10)9(15)16-6-8-4-2-1-3-5-8/h8H,1-7H2/t10-/m1/s1. The van der Waals surface area contributed by atoms with Crippen LogP contribution in [0.1, 0.15) is 32.1 Å². The number of rotatable bonds is 3. The van der Waals surface area contributed by atoms with Crippen LogP contribution < -0.4 is 0 Å². The number of hydrogen-bond donors (Lipinski definition) is 0. The third-order valence-electron chi connectivity index (χ3n) is 3.40. The lowest BCUT2D eigenvalue weighted by Gasteiger charge is -2.22. The quantitative estimate of drug-likeness (QED) is 0.572. The van der Waals surface area contributed by atoms with E-state index in [0.717, 1.165) is 32.1 Å². The molecule has 0 aromatic heterocycles. The molecule has 0 spiro atoms. The average molecular weight is 252 g/mol. The summed E-state index contributed by atoms with van der Waals surface area (Å²) in [6, 6.07) is 0. The fourth-order valence-electron chi connectivity index (χ4n) is 2.13. The van der Waals surface area contributed by atoms with E-state index in [9.17, 15) is 18.0 Å². The van der Waals surface area contributed by atoms with Crippen molar-refractivity contribution in [3.05, 3.63) is 0 Å². The summed E-state index contributed by atoms with van der Waals surface area (Å²) in [7, 11) is 0. The summed E-state index contributed by atoms with van der Waals surface area (Å²) in [6.07, 6.45) is 0.448. The lowest BCUT2D eigenvalue weighted by molar-refractivity contribution is -0.204. The van der Waals surface area contributed by atoms with Crippen LogP contribution >= 0.6 is 0 Å². The average Bonchev–Trinajstić information content (AvgIpc) is 3.07. The van der Waals surface area contributed by atoms with Crippen LogP contribution in [-0.2, 0) is 14.3 Å². The molecule has 0 aromatic carbocycles. The van der Waals surface area contributed by atoms with Crippen LogP contribution in [0.3, 0.4) is 0 Å². The van der Waals surface area contributed by atoms with Crippen LogP contribution in [0.4, 0.5) is 13.2 Å². The lowest BCUT2D eigenvalue weighted by Crippen LogP contribution is -2.42. The van der Waals surface area contributed by atoms with Crippen molar-refractivity contribution in [2.24, 2.45) is 5.92 Å². The molecule has 1 aliphatic carbocycles. The molecule has 1 heterocycles. The van der Waals surface area contributed by atoms with Crippen LogP contribution in [0.15, 0.2) is 0 Å². The van der Waals surface area contributed by atoms with Crippen LogP contribution in [0, 0.1) is 5.92 Å². The fourth-order valence-corrected chi connectivity index (χ4v) is 2.13. The summed E-state index contributed by atoms with van der Waals surface area (Å²) in [4.78, 5) is 11.3. The number of hydrogen-bond acceptors (Lipinski definition) is 3. The second kappa shape index (κ2) is 4.48. The van der Waals surface area contributed by atoms with E-state index in [1.54, 1.807) is 0 Å².